The van der Waals surface area contributed by atoms with E-state index in [9.17, 15) is 4.79 Å². The number of nitrogens with zero attached hydrogens (tertiary/aromatic N) is 6. The van der Waals surface area contributed by atoms with Gasteiger partial charge in [-0.25, -0.2) is 9.50 Å². The highest BCUT2D eigenvalue weighted by molar-refractivity contribution is 6.30. The largest absolute Gasteiger partial charge is 0.373 e. The maximum absolute atomic E-state index is 12.8. The molecule has 154 valence electrons. The van der Waals surface area contributed by atoms with Gasteiger partial charge in [0, 0.05) is 10.9 Å². The first kappa shape index (κ1) is 18.8. The molecule has 0 radical (unpaired) electrons. The van der Waals surface area contributed by atoms with Crippen LogP contribution in [0.1, 0.15) is 41.4 Å². The lowest BCUT2D eigenvalue weighted by molar-refractivity contribution is 0.110. The van der Waals surface area contributed by atoms with Gasteiger partial charge in [-0.1, -0.05) is 28.9 Å². The van der Waals surface area contributed by atoms with E-state index < -0.39 is 0 Å². The van der Waals surface area contributed by atoms with Crippen molar-refractivity contribution in [3.63, 3.8) is 0 Å². The zero-order chi connectivity index (χ0) is 20.8. The number of rotatable bonds is 4. The summed E-state index contributed by atoms with van der Waals surface area (Å²) in [5.41, 5.74) is 7.62. The molecule has 0 unspecified atom stereocenters. The molecular formula is C19H18ClN7O3. The molecule has 11 heteroatoms. The molecule has 4 aromatic rings. The minimum atomic E-state index is -0.316. The van der Waals surface area contributed by atoms with Gasteiger partial charge >= 0.3 is 0 Å². The molecule has 0 saturated carbocycles. The fourth-order valence-corrected chi connectivity index (χ4v) is 3.78. The summed E-state index contributed by atoms with van der Waals surface area (Å²) < 4.78 is 13.9. The first-order valence-electron chi connectivity index (χ1n) is 9.39. The Bertz CT molecular complexity index is 1280. The normalized spacial score (nSPS) is 19.0. The van der Waals surface area contributed by atoms with Crippen LogP contribution >= 0.6 is 11.6 Å². The van der Waals surface area contributed by atoms with Gasteiger partial charge in [-0.2, -0.15) is 4.98 Å². The Kier molecular flexibility index (Phi) is 4.52. The summed E-state index contributed by atoms with van der Waals surface area (Å²) in [4.78, 5) is 21.3. The Morgan fingerprint density at radius 2 is 2.10 bits per heavy atom. The lowest BCUT2D eigenvalue weighted by atomic mass is 10.0. The zero-order valence-corrected chi connectivity index (χ0v) is 16.8. The van der Waals surface area contributed by atoms with Crippen LogP contribution in [0, 0.1) is 6.92 Å². The van der Waals surface area contributed by atoms with Crippen LogP contribution in [0.4, 0.5) is 5.95 Å². The van der Waals surface area contributed by atoms with Crippen molar-refractivity contribution in [2.24, 2.45) is 0 Å². The number of benzene rings is 1. The average molecular weight is 428 g/mol. The van der Waals surface area contributed by atoms with Crippen LogP contribution in [0.2, 0.25) is 5.02 Å². The molecule has 1 aliphatic rings. The SMILES string of the molecule is Cc1ncn2nc(N)n(Cc3nc([C@@H]4CO[C@@H](c5ccc(Cl)cc5)C4)no3)c(=O)c12. The average Bonchev–Trinajstić information content (AvgIpc) is 3.46. The highest BCUT2D eigenvalue weighted by Crippen LogP contribution is 2.37. The predicted molar refractivity (Wildman–Crippen MR) is 107 cm³/mol. The summed E-state index contributed by atoms with van der Waals surface area (Å²) in [6.45, 7) is 2.25. The van der Waals surface area contributed by atoms with Crippen molar-refractivity contribution in [2.75, 3.05) is 12.3 Å². The monoisotopic (exact) mass is 427 g/mol. The molecule has 4 heterocycles. The molecule has 0 bridgehead atoms. The molecule has 1 aromatic carbocycles. The Labute approximate surface area is 175 Å². The van der Waals surface area contributed by atoms with E-state index in [-0.39, 0.29) is 36.0 Å². The van der Waals surface area contributed by atoms with Gasteiger partial charge in [0.2, 0.25) is 11.8 Å². The van der Waals surface area contributed by atoms with Crippen molar-refractivity contribution in [1.29, 1.82) is 0 Å². The smallest absolute Gasteiger partial charge is 0.281 e. The molecule has 1 aliphatic heterocycles. The lowest BCUT2D eigenvalue weighted by Crippen LogP contribution is -2.27. The van der Waals surface area contributed by atoms with Gasteiger partial charge in [-0.05, 0) is 31.0 Å². The molecule has 10 nitrogen and oxygen atoms in total. The van der Waals surface area contributed by atoms with Crippen LogP contribution in [-0.4, -0.2) is 35.9 Å². The molecule has 2 atom stereocenters. The highest BCUT2D eigenvalue weighted by atomic mass is 35.5. The van der Waals surface area contributed by atoms with Crippen molar-refractivity contribution in [3.05, 3.63) is 68.9 Å². The third-order valence-electron chi connectivity index (χ3n) is 5.25. The number of ether oxygens (including phenoxy) is 1. The van der Waals surface area contributed by atoms with Crippen LogP contribution in [0.25, 0.3) is 5.52 Å². The number of hydrogen-bond donors (Lipinski definition) is 1. The van der Waals surface area contributed by atoms with E-state index in [1.165, 1.54) is 15.4 Å². The maximum Gasteiger partial charge on any atom is 0.281 e. The number of halogens is 1. The van der Waals surface area contributed by atoms with E-state index in [1.54, 1.807) is 6.92 Å². The second-order valence-corrected chi connectivity index (χ2v) is 7.66. The summed E-state index contributed by atoms with van der Waals surface area (Å²) in [5.74, 6) is 0.853. The Balaban J connectivity index is 1.35. The van der Waals surface area contributed by atoms with Crippen molar-refractivity contribution in [1.82, 2.24) is 29.3 Å². The van der Waals surface area contributed by atoms with Crippen LogP contribution in [0.15, 0.2) is 39.9 Å². The van der Waals surface area contributed by atoms with Gasteiger partial charge in [-0.15, -0.1) is 5.10 Å². The number of nitrogen functional groups attached to an aromatic ring is 1. The quantitative estimate of drug-likeness (QED) is 0.524. The van der Waals surface area contributed by atoms with Gasteiger partial charge in [0.05, 0.1) is 18.4 Å². The Hall–Kier alpha value is -3.24. The fourth-order valence-electron chi connectivity index (χ4n) is 3.65. The number of aryl methyl sites for hydroxylation is 1. The van der Waals surface area contributed by atoms with Gasteiger partial charge < -0.3 is 15.0 Å². The van der Waals surface area contributed by atoms with Crippen molar-refractivity contribution in [3.8, 4) is 0 Å². The van der Waals surface area contributed by atoms with Crippen molar-refractivity contribution < 1.29 is 9.26 Å². The minimum absolute atomic E-state index is 0.00470. The molecule has 0 amide bonds. The lowest BCUT2D eigenvalue weighted by Gasteiger charge is -2.09. The number of nitrogens with two attached hydrogens (primary N) is 1. The fraction of sp³-hybridized carbons (Fsp3) is 0.316. The van der Waals surface area contributed by atoms with Crippen molar-refractivity contribution in [2.45, 2.75) is 31.9 Å². The number of fused-ring (bicyclic) bond motifs is 1. The molecule has 2 N–H and O–H groups in total. The summed E-state index contributed by atoms with van der Waals surface area (Å²) in [5, 5.41) is 8.93. The molecule has 3 aromatic heterocycles. The molecular weight excluding hydrogens is 410 g/mol. The number of hydrogen-bond acceptors (Lipinski definition) is 8. The van der Waals surface area contributed by atoms with Crippen LogP contribution < -0.4 is 11.3 Å². The third kappa shape index (κ3) is 3.23. The van der Waals surface area contributed by atoms with Gasteiger partial charge in [0.1, 0.15) is 12.9 Å². The first-order valence-corrected chi connectivity index (χ1v) is 9.77. The second-order valence-electron chi connectivity index (χ2n) is 7.23. The number of imidazole rings is 1. The van der Waals surface area contributed by atoms with Crippen LogP contribution in [-0.2, 0) is 11.3 Å². The molecule has 0 spiro atoms. The number of anilines is 1. The van der Waals surface area contributed by atoms with Gasteiger partial charge in [0.15, 0.2) is 11.3 Å². The minimum Gasteiger partial charge on any atom is -0.373 e. The summed E-state index contributed by atoms with van der Waals surface area (Å²) in [6, 6.07) is 7.59. The third-order valence-corrected chi connectivity index (χ3v) is 5.50. The molecule has 1 fully saturated rings. The maximum atomic E-state index is 12.8. The molecule has 0 aliphatic carbocycles. The zero-order valence-electron chi connectivity index (χ0n) is 16.0. The Morgan fingerprint density at radius 1 is 1.30 bits per heavy atom. The van der Waals surface area contributed by atoms with E-state index in [4.69, 9.17) is 26.6 Å². The summed E-state index contributed by atoms with van der Waals surface area (Å²) >= 11 is 5.95. The molecule has 30 heavy (non-hydrogen) atoms. The van der Waals surface area contributed by atoms with Gasteiger partial charge in [-0.3, -0.25) is 9.36 Å². The van der Waals surface area contributed by atoms with E-state index >= 15 is 0 Å². The Morgan fingerprint density at radius 3 is 2.90 bits per heavy atom. The highest BCUT2D eigenvalue weighted by Gasteiger charge is 2.31. The standard InChI is InChI=1S/C19H18ClN7O3/c1-10-16-18(28)26(19(21)24-27(16)9-22-10)7-15-23-17(25-30-15)12-6-14(29-8-12)11-2-4-13(20)5-3-11/h2-5,9,12,14H,6-8H2,1H3,(H2,21,24)/t12-,14+/m0/s1. The van der Waals surface area contributed by atoms with Crippen LogP contribution in [0.3, 0.4) is 0 Å². The second kappa shape index (κ2) is 7.22. The first-order chi connectivity index (χ1) is 14.5. The predicted octanol–water partition coefficient (Wildman–Crippen LogP) is 2.11. The van der Waals surface area contributed by atoms with Gasteiger partial charge in [0.25, 0.3) is 5.56 Å². The van der Waals surface area contributed by atoms with E-state index in [0.717, 1.165) is 12.0 Å². The van der Waals surface area contributed by atoms with E-state index in [0.29, 0.717) is 28.7 Å². The summed E-state index contributed by atoms with van der Waals surface area (Å²) in [6.07, 6.45) is 2.13. The van der Waals surface area contributed by atoms with E-state index in [2.05, 4.69) is 20.2 Å². The van der Waals surface area contributed by atoms with Crippen molar-refractivity contribution >= 4 is 23.1 Å². The summed E-state index contributed by atoms with van der Waals surface area (Å²) in [7, 11) is 0. The van der Waals surface area contributed by atoms with E-state index in [1.807, 2.05) is 24.3 Å². The number of aromatic nitrogens is 6. The van der Waals surface area contributed by atoms with Crippen LogP contribution in [0.5, 0.6) is 0 Å². The topological polar surface area (TPSA) is 126 Å². The molecule has 1 saturated heterocycles. The molecule has 5 rings (SSSR count).